The average molecular weight is 472 g/mol. The van der Waals surface area contributed by atoms with E-state index in [2.05, 4.69) is 20.8 Å². The summed E-state index contributed by atoms with van der Waals surface area (Å²) in [6, 6.07) is 14.4. The molecule has 0 atom stereocenters. The van der Waals surface area contributed by atoms with Gasteiger partial charge < -0.3 is 15.4 Å². The van der Waals surface area contributed by atoms with Crippen LogP contribution < -0.4 is 15.4 Å². The molecule has 1 aromatic heterocycles. The van der Waals surface area contributed by atoms with Crippen LogP contribution in [0, 0.1) is 0 Å². The first kappa shape index (κ1) is 22.2. The normalized spacial score (nSPS) is 12.9. The summed E-state index contributed by atoms with van der Waals surface area (Å²) in [7, 11) is 1.56. The number of carbonyl (C=O) groups excluding carboxylic acids is 2. The van der Waals surface area contributed by atoms with Crippen molar-refractivity contribution in [3.05, 3.63) is 64.9 Å². The van der Waals surface area contributed by atoms with E-state index in [9.17, 15) is 9.59 Å². The lowest BCUT2D eigenvalue weighted by Gasteiger charge is -2.11. The first-order valence-corrected chi connectivity index (χ1v) is 11.5. The maximum absolute atomic E-state index is 12.5. The molecule has 1 aliphatic carbocycles. The molecule has 10 heteroatoms. The smallest absolute Gasteiger partial charge is 0.251 e. The minimum Gasteiger partial charge on any atom is -0.484 e. The van der Waals surface area contributed by atoms with Gasteiger partial charge in [-0.1, -0.05) is 41.6 Å². The molecule has 2 aromatic carbocycles. The van der Waals surface area contributed by atoms with Gasteiger partial charge in [-0.15, -0.1) is 10.2 Å². The minimum absolute atomic E-state index is 0.167. The maximum atomic E-state index is 12.5. The van der Waals surface area contributed by atoms with Crippen molar-refractivity contribution >= 4 is 40.9 Å². The highest BCUT2D eigenvalue weighted by atomic mass is 35.5. The van der Waals surface area contributed by atoms with E-state index in [1.807, 2.05) is 16.7 Å². The number of benzene rings is 2. The molecule has 1 saturated carbocycles. The highest BCUT2D eigenvalue weighted by Gasteiger charge is 2.30. The number of para-hydroxylation sites is 1. The van der Waals surface area contributed by atoms with Crippen LogP contribution in [0.5, 0.6) is 5.75 Å². The van der Waals surface area contributed by atoms with Crippen molar-refractivity contribution < 1.29 is 14.3 Å². The molecular weight excluding hydrogens is 450 g/mol. The van der Waals surface area contributed by atoms with Gasteiger partial charge in [0.15, 0.2) is 11.0 Å². The summed E-state index contributed by atoms with van der Waals surface area (Å²) in [5.41, 5.74) is 1.05. The Bertz CT molecular complexity index is 1130. The molecule has 0 unspecified atom stereocenters. The first-order chi connectivity index (χ1) is 15.5. The van der Waals surface area contributed by atoms with Gasteiger partial charge in [0.05, 0.1) is 10.8 Å². The monoisotopic (exact) mass is 471 g/mol. The molecule has 4 rings (SSSR count). The third-order valence-corrected chi connectivity index (χ3v) is 6.06. The number of aromatic nitrogens is 3. The second-order valence-corrected chi connectivity index (χ2v) is 8.57. The van der Waals surface area contributed by atoms with Crippen LogP contribution in [0.2, 0.25) is 5.02 Å². The zero-order valence-corrected chi connectivity index (χ0v) is 18.9. The number of amides is 2. The zero-order valence-electron chi connectivity index (χ0n) is 17.4. The fraction of sp³-hybridized carbons (Fsp3) is 0.273. The molecule has 3 aromatic rings. The predicted molar refractivity (Wildman–Crippen MR) is 123 cm³/mol. The summed E-state index contributed by atoms with van der Waals surface area (Å²) >= 11 is 7.48. The van der Waals surface area contributed by atoms with Gasteiger partial charge >= 0.3 is 0 Å². The Morgan fingerprint density at radius 3 is 2.75 bits per heavy atom. The third kappa shape index (κ3) is 5.41. The molecule has 1 aliphatic rings. The number of nitrogens with one attached hydrogen (secondary N) is 2. The van der Waals surface area contributed by atoms with Crippen LogP contribution in [0.15, 0.2) is 53.7 Å². The Labute approximate surface area is 194 Å². The Morgan fingerprint density at radius 1 is 1.19 bits per heavy atom. The summed E-state index contributed by atoms with van der Waals surface area (Å²) in [5, 5.41) is 15.1. The van der Waals surface area contributed by atoms with Gasteiger partial charge in [-0.2, -0.15) is 0 Å². The second-order valence-electron chi connectivity index (χ2n) is 7.22. The van der Waals surface area contributed by atoms with Gasteiger partial charge in [0.1, 0.15) is 12.4 Å². The van der Waals surface area contributed by atoms with Crippen LogP contribution >= 0.6 is 23.4 Å². The van der Waals surface area contributed by atoms with Crippen molar-refractivity contribution in [3.8, 4) is 5.75 Å². The number of ether oxygens (including phenoxy) is 1. The molecule has 0 spiro atoms. The van der Waals surface area contributed by atoms with Crippen molar-refractivity contribution in [1.29, 1.82) is 0 Å². The van der Waals surface area contributed by atoms with Gasteiger partial charge in [0, 0.05) is 24.3 Å². The Balaban J connectivity index is 1.38. The van der Waals surface area contributed by atoms with E-state index >= 15 is 0 Å². The molecule has 1 heterocycles. The largest absolute Gasteiger partial charge is 0.484 e. The summed E-state index contributed by atoms with van der Waals surface area (Å²) in [6.07, 6.45) is 2.09. The van der Waals surface area contributed by atoms with Crippen LogP contribution in [-0.2, 0) is 11.4 Å². The highest BCUT2D eigenvalue weighted by molar-refractivity contribution is 7.99. The molecule has 2 amide bonds. The summed E-state index contributed by atoms with van der Waals surface area (Å²) in [4.78, 5) is 24.2. The molecule has 2 N–H and O–H groups in total. The maximum Gasteiger partial charge on any atom is 0.251 e. The van der Waals surface area contributed by atoms with E-state index in [0.717, 1.165) is 12.8 Å². The highest BCUT2D eigenvalue weighted by Crippen LogP contribution is 2.39. The molecule has 0 aliphatic heterocycles. The van der Waals surface area contributed by atoms with E-state index in [-0.39, 0.29) is 24.2 Å². The van der Waals surface area contributed by atoms with E-state index in [1.165, 1.54) is 11.8 Å². The lowest BCUT2D eigenvalue weighted by atomic mass is 10.2. The first-order valence-electron chi connectivity index (χ1n) is 10.1. The van der Waals surface area contributed by atoms with Crippen molar-refractivity contribution in [2.24, 2.45) is 0 Å². The molecule has 0 radical (unpaired) electrons. The van der Waals surface area contributed by atoms with Crippen LogP contribution in [0.25, 0.3) is 0 Å². The van der Waals surface area contributed by atoms with E-state index < -0.39 is 0 Å². The number of hydrogen-bond acceptors (Lipinski definition) is 6. The number of halogens is 1. The lowest BCUT2D eigenvalue weighted by molar-refractivity contribution is -0.113. The molecule has 166 valence electrons. The van der Waals surface area contributed by atoms with Crippen molar-refractivity contribution in [2.45, 2.75) is 30.6 Å². The Hall–Kier alpha value is -3.04. The SMILES string of the molecule is CNC(=O)c1cccc(NC(=O)CSc2nnc(COc3ccccc3Cl)n2C2CC2)c1. The molecule has 32 heavy (non-hydrogen) atoms. The summed E-state index contributed by atoms with van der Waals surface area (Å²) < 4.78 is 7.87. The van der Waals surface area contributed by atoms with Crippen LogP contribution in [0.1, 0.15) is 35.1 Å². The van der Waals surface area contributed by atoms with Crippen molar-refractivity contribution in [2.75, 3.05) is 18.1 Å². The second kappa shape index (κ2) is 10.1. The number of carbonyl (C=O) groups is 2. The quantitative estimate of drug-likeness (QED) is 0.459. The number of anilines is 1. The average Bonchev–Trinajstić information content (AvgIpc) is 3.56. The number of rotatable bonds is 9. The standard InChI is InChI=1S/C22H22ClN5O3S/c1-24-21(30)14-5-4-6-15(11-14)25-20(29)13-32-22-27-26-19(28(22)16-9-10-16)12-31-18-8-3-2-7-17(18)23/h2-8,11,16H,9-10,12-13H2,1H3,(H,24,30)(H,25,29). The molecule has 0 saturated heterocycles. The third-order valence-electron chi connectivity index (χ3n) is 4.81. The zero-order chi connectivity index (χ0) is 22.5. The fourth-order valence-electron chi connectivity index (χ4n) is 3.12. The predicted octanol–water partition coefficient (Wildman–Crippen LogP) is 3.94. The van der Waals surface area contributed by atoms with Crippen molar-refractivity contribution in [1.82, 2.24) is 20.1 Å². The topological polar surface area (TPSA) is 98.1 Å². The Morgan fingerprint density at radius 2 is 2.00 bits per heavy atom. The number of nitrogens with zero attached hydrogens (tertiary/aromatic N) is 3. The van der Waals surface area contributed by atoms with E-state index in [1.54, 1.807) is 43.4 Å². The van der Waals surface area contributed by atoms with Gasteiger partial charge in [-0.3, -0.25) is 14.2 Å². The van der Waals surface area contributed by atoms with Gasteiger partial charge in [-0.05, 0) is 43.2 Å². The van der Waals surface area contributed by atoms with E-state index in [4.69, 9.17) is 16.3 Å². The fourth-order valence-corrected chi connectivity index (χ4v) is 4.13. The summed E-state index contributed by atoms with van der Waals surface area (Å²) in [6.45, 7) is 0.242. The van der Waals surface area contributed by atoms with Crippen LogP contribution in [0.4, 0.5) is 5.69 Å². The van der Waals surface area contributed by atoms with Crippen LogP contribution in [0.3, 0.4) is 0 Å². The molecule has 8 nitrogen and oxygen atoms in total. The minimum atomic E-state index is -0.209. The van der Waals surface area contributed by atoms with Gasteiger partial charge in [0.25, 0.3) is 5.91 Å². The van der Waals surface area contributed by atoms with Crippen molar-refractivity contribution in [3.63, 3.8) is 0 Å². The molecular formula is C22H22ClN5O3S. The van der Waals surface area contributed by atoms with E-state index in [0.29, 0.717) is 39.0 Å². The van der Waals surface area contributed by atoms with Crippen LogP contribution in [-0.4, -0.2) is 39.4 Å². The van der Waals surface area contributed by atoms with Gasteiger partial charge in [0.2, 0.25) is 5.91 Å². The molecule has 0 bridgehead atoms. The molecule has 1 fully saturated rings. The lowest BCUT2D eigenvalue weighted by Crippen LogP contribution is -2.19. The number of hydrogen-bond donors (Lipinski definition) is 2. The van der Waals surface area contributed by atoms with Gasteiger partial charge in [-0.25, -0.2) is 0 Å². The number of thioether (sulfide) groups is 1. The summed E-state index contributed by atoms with van der Waals surface area (Å²) in [5.74, 6) is 1.06. The Kier molecular flexibility index (Phi) is 6.96.